The number of nitrogens with zero attached hydrogens (tertiary/aromatic N) is 4. The fraction of sp³-hybridized carbons (Fsp3) is 0.222. The summed E-state index contributed by atoms with van der Waals surface area (Å²) in [5, 5.41) is 11.6. The summed E-state index contributed by atoms with van der Waals surface area (Å²) in [6, 6.07) is 10.2. The van der Waals surface area contributed by atoms with E-state index in [4.69, 9.17) is 0 Å². The van der Waals surface area contributed by atoms with Crippen molar-refractivity contribution in [2.24, 2.45) is 0 Å². The van der Waals surface area contributed by atoms with E-state index >= 15 is 0 Å². The van der Waals surface area contributed by atoms with E-state index in [0.717, 1.165) is 21.1 Å². The van der Waals surface area contributed by atoms with E-state index in [1.165, 1.54) is 23.1 Å². The molecule has 0 bridgehead atoms. The third-order valence-electron chi connectivity index (χ3n) is 4.01. The normalized spacial score (nSPS) is 11.5. The fourth-order valence-electron chi connectivity index (χ4n) is 2.71. The van der Waals surface area contributed by atoms with E-state index in [9.17, 15) is 4.79 Å². The molecule has 0 saturated carbocycles. The van der Waals surface area contributed by atoms with Crippen LogP contribution in [-0.4, -0.2) is 24.7 Å². The van der Waals surface area contributed by atoms with Gasteiger partial charge in [0.1, 0.15) is 17.0 Å². The maximum Gasteiger partial charge on any atom is 0.260 e. The van der Waals surface area contributed by atoms with Crippen LogP contribution in [0.3, 0.4) is 0 Å². The molecule has 0 unspecified atom stereocenters. The molecule has 0 aliphatic heterocycles. The van der Waals surface area contributed by atoms with Gasteiger partial charge in [-0.1, -0.05) is 42.1 Å². The van der Waals surface area contributed by atoms with Crippen LogP contribution < -0.4 is 5.56 Å². The molecule has 0 atom stereocenters. The van der Waals surface area contributed by atoms with Crippen molar-refractivity contribution in [1.82, 2.24) is 24.7 Å². The molecular formula is C18H17N5OS2. The summed E-state index contributed by atoms with van der Waals surface area (Å²) in [5.74, 6) is 1.18. The zero-order chi connectivity index (χ0) is 18.1. The Hall–Kier alpha value is -2.45. The largest absolute Gasteiger partial charge is 0.309 e. The Morgan fingerprint density at radius 3 is 2.85 bits per heavy atom. The second kappa shape index (κ2) is 7.05. The summed E-state index contributed by atoms with van der Waals surface area (Å²) in [5.41, 5.74) is 1.85. The van der Waals surface area contributed by atoms with Crippen molar-refractivity contribution in [1.29, 1.82) is 0 Å². The maximum absolute atomic E-state index is 12.7. The SMILES string of the molecule is CC(C)n1cnnc1SCc1nc2scc(-c3ccccc3)c2c(=O)[nH]1. The van der Waals surface area contributed by atoms with Crippen LogP contribution in [0.4, 0.5) is 0 Å². The minimum Gasteiger partial charge on any atom is -0.309 e. The number of rotatable bonds is 5. The Labute approximate surface area is 158 Å². The molecule has 4 aromatic rings. The number of aromatic nitrogens is 5. The molecule has 1 N–H and O–H groups in total. The lowest BCUT2D eigenvalue weighted by molar-refractivity contribution is 0.549. The molecule has 3 aromatic heterocycles. The quantitative estimate of drug-likeness (QED) is 0.525. The Balaban J connectivity index is 1.64. The van der Waals surface area contributed by atoms with Gasteiger partial charge in [0.05, 0.1) is 11.1 Å². The van der Waals surface area contributed by atoms with Crippen molar-refractivity contribution >= 4 is 33.3 Å². The summed E-state index contributed by atoms with van der Waals surface area (Å²) in [7, 11) is 0. The van der Waals surface area contributed by atoms with Crippen LogP contribution in [0.1, 0.15) is 25.7 Å². The Bertz CT molecular complexity index is 1100. The minimum absolute atomic E-state index is 0.101. The van der Waals surface area contributed by atoms with E-state index in [1.807, 2.05) is 40.3 Å². The highest BCUT2D eigenvalue weighted by Crippen LogP contribution is 2.31. The number of H-pyrrole nitrogens is 1. The topological polar surface area (TPSA) is 76.5 Å². The van der Waals surface area contributed by atoms with Crippen LogP contribution in [0.2, 0.25) is 0 Å². The lowest BCUT2D eigenvalue weighted by Gasteiger charge is -2.09. The zero-order valence-electron chi connectivity index (χ0n) is 14.3. The number of hydrogen-bond acceptors (Lipinski definition) is 6. The van der Waals surface area contributed by atoms with Crippen molar-refractivity contribution in [3.63, 3.8) is 0 Å². The van der Waals surface area contributed by atoms with Crippen molar-refractivity contribution in [3.8, 4) is 11.1 Å². The summed E-state index contributed by atoms with van der Waals surface area (Å²) >= 11 is 3.01. The van der Waals surface area contributed by atoms with Crippen molar-refractivity contribution in [3.05, 3.63) is 58.2 Å². The number of thiophene rings is 1. The number of hydrogen-bond donors (Lipinski definition) is 1. The summed E-state index contributed by atoms with van der Waals surface area (Å²) in [6.45, 7) is 4.16. The smallest absolute Gasteiger partial charge is 0.260 e. The average Bonchev–Trinajstić information content (AvgIpc) is 3.28. The average molecular weight is 384 g/mol. The third-order valence-corrected chi connectivity index (χ3v) is 5.85. The van der Waals surface area contributed by atoms with Gasteiger partial charge in [0.25, 0.3) is 5.56 Å². The van der Waals surface area contributed by atoms with Gasteiger partial charge >= 0.3 is 0 Å². The highest BCUT2D eigenvalue weighted by Gasteiger charge is 2.14. The second-order valence-corrected chi connectivity index (χ2v) is 7.91. The second-order valence-electron chi connectivity index (χ2n) is 6.11. The van der Waals surface area contributed by atoms with E-state index in [2.05, 4.69) is 34.0 Å². The Morgan fingerprint density at radius 2 is 2.08 bits per heavy atom. The zero-order valence-corrected chi connectivity index (χ0v) is 16.0. The van der Waals surface area contributed by atoms with Crippen molar-refractivity contribution < 1.29 is 0 Å². The molecular weight excluding hydrogens is 366 g/mol. The van der Waals surface area contributed by atoms with E-state index < -0.39 is 0 Å². The van der Waals surface area contributed by atoms with Crippen LogP contribution in [0, 0.1) is 0 Å². The fourth-order valence-corrected chi connectivity index (χ4v) is 4.60. The van der Waals surface area contributed by atoms with Gasteiger partial charge in [-0.25, -0.2) is 4.98 Å². The molecule has 0 aliphatic carbocycles. The molecule has 132 valence electrons. The molecule has 1 aromatic carbocycles. The van der Waals surface area contributed by atoms with Gasteiger partial charge in [-0.15, -0.1) is 21.5 Å². The first-order valence-electron chi connectivity index (χ1n) is 8.21. The molecule has 0 saturated heterocycles. The van der Waals surface area contributed by atoms with Crippen LogP contribution in [0.25, 0.3) is 21.3 Å². The molecule has 0 aliphatic rings. The van der Waals surface area contributed by atoms with Crippen molar-refractivity contribution in [2.45, 2.75) is 30.8 Å². The monoisotopic (exact) mass is 383 g/mol. The van der Waals surface area contributed by atoms with Crippen LogP contribution in [-0.2, 0) is 5.75 Å². The lowest BCUT2D eigenvalue weighted by Crippen LogP contribution is -2.11. The van der Waals surface area contributed by atoms with E-state index in [0.29, 0.717) is 17.0 Å². The van der Waals surface area contributed by atoms with Crippen LogP contribution >= 0.6 is 23.1 Å². The van der Waals surface area contributed by atoms with Gasteiger partial charge < -0.3 is 9.55 Å². The van der Waals surface area contributed by atoms with E-state index in [-0.39, 0.29) is 11.6 Å². The first-order valence-corrected chi connectivity index (χ1v) is 10.1. The summed E-state index contributed by atoms with van der Waals surface area (Å²) in [6.07, 6.45) is 1.72. The van der Waals surface area contributed by atoms with Gasteiger partial charge in [-0.3, -0.25) is 4.79 Å². The lowest BCUT2D eigenvalue weighted by atomic mass is 10.1. The van der Waals surface area contributed by atoms with Gasteiger partial charge in [0.2, 0.25) is 0 Å². The molecule has 4 rings (SSSR count). The molecule has 0 amide bonds. The van der Waals surface area contributed by atoms with Gasteiger partial charge in [0.15, 0.2) is 5.16 Å². The molecule has 0 radical (unpaired) electrons. The van der Waals surface area contributed by atoms with Gasteiger partial charge in [-0.05, 0) is 19.4 Å². The highest BCUT2D eigenvalue weighted by molar-refractivity contribution is 7.98. The van der Waals surface area contributed by atoms with Crippen LogP contribution in [0.15, 0.2) is 52.0 Å². The molecule has 6 nitrogen and oxygen atoms in total. The first kappa shape index (κ1) is 17.0. The third kappa shape index (κ3) is 3.17. The standard InChI is InChI=1S/C18H17N5OS2/c1-11(2)23-10-19-22-18(23)26-9-14-20-16(24)15-13(8-25-17(15)21-14)12-6-4-3-5-7-12/h3-8,10-11H,9H2,1-2H3,(H,20,21,24). The highest BCUT2D eigenvalue weighted by atomic mass is 32.2. The number of aromatic amines is 1. The first-order chi connectivity index (χ1) is 12.6. The number of benzene rings is 1. The van der Waals surface area contributed by atoms with Crippen molar-refractivity contribution in [2.75, 3.05) is 0 Å². The minimum atomic E-state index is -0.101. The van der Waals surface area contributed by atoms with Gasteiger partial charge in [0, 0.05) is 17.0 Å². The van der Waals surface area contributed by atoms with Gasteiger partial charge in [-0.2, -0.15) is 0 Å². The number of thioether (sulfide) groups is 1. The molecule has 0 fully saturated rings. The van der Waals surface area contributed by atoms with E-state index in [1.54, 1.807) is 6.33 Å². The maximum atomic E-state index is 12.7. The molecule has 3 heterocycles. The number of nitrogens with one attached hydrogen (secondary N) is 1. The number of fused-ring (bicyclic) bond motifs is 1. The molecule has 0 spiro atoms. The summed E-state index contributed by atoms with van der Waals surface area (Å²) < 4.78 is 2.00. The molecule has 8 heteroatoms. The Morgan fingerprint density at radius 1 is 1.27 bits per heavy atom. The predicted molar refractivity (Wildman–Crippen MR) is 106 cm³/mol. The molecule has 26 heavy (non-hydrogen) atoms. The Kier molecular flexibility index (Phi) is 4.60. The summed E-state index contributed by atoms with van der Waals surface area (Å²) in [4.78, 5) is 21.0. The predicted octanol–water partition coefficient (Wildman–Crippen LogP) is 4.12. The van der Waals surface area contributed by atoms with Crippen LogP contribution in [0.5, 0.6) is 0 Å².